The third-order valence-electron chi connectivity index (χ3n) is 3.86. The Bertz CT molecular complexity index is 937. The average molecular weight is 397 g/mol. The first-order valence-corrected chi connectivity index (χ1v) is 8.43. The molecule has 3 aromatic rings. The highest BCUT2D eigenvalue weighted by molar-refractivity contribution is 6.28. The van der Waals surface area contributed by atoms with E-state index in [9.17, 15) is 13.2 Å². The topological polar surface area (TPSA) is 81.7 Å². The first kappa shape index (κ1) is 19.0. The minimum absolute atomic E-state index is 0.0771. The third kappa shape index (κ3) is 4.30. The molecule has 3 rings (SSSR count). The Morgan fingerprint density at radius 3 is 2.56 bits per heavy atom. The van der Waals surface area contributed by atoms with Gasteiger partial charge in [0.2, 0.25) is 5.28 Å². The molecule has 27 heavy (non-hydrogen) atoms. The van der Waals surface area contributed by atoms with Crippen molar-refractivity contribution >= 4 is 23.1 Å². The highest BCUT2D eigenvalue weighted by atomic mass is 35.5. The van der Waals surface area contributed by atoms with E-state index in [1.54, 1.807) is 31.2 Å². The molecule has 0 spiro atoms. The summed E-state index contributed by atoms with van der Waals surface area (Å²) in [4.78, 5) is 7.77. The number of nitrogens with zero attached hydrogens (tertiary/aromatic N) is 4. The number of halogens is 4. The van der Waals surface area contributed by atoms with Crippen LogP contribution in [0, 0.1) is 0 Å². The van der Waals surface area contributed by atoms with E-state index in [1.165, 1.54) is 10.9 Å². The summed E-state index contributed by atoms with van der Waals surface area (Å²) < 4.78 is 40.0. The SMILES string of the molecule is CCc1cc(C(F)(F)F)nn1-c1ccc(CNc2nc(Cl)ncc2N)cc1. The lowest BCUT2D eigenvalue weighted by Crippen LogP contribution is -2.08. The Hall–Kier alpha value is -2.81. The molecule has 0 unspecified atom stereocenters. The molecule has 142 valence electrons. The van der Waals surface area contributed by atoms with Gasteiger partial charge >= 0.3 is 6.18 Å². The zero-order chi connectivity index (χ0) is 19.6. The largest absolute Gasteiger partial charge is 0.435 e. The van der Waals surface area contributed by atoms with Gasteiger partial charge in [-0.2, -0.15) is 23.3 Å². The Balaban J connectivity index is 1.78. The molecule has 0 aliphatic carbocycles. The molecule has 0 saturated carbocycles. The second-order valence-corrected chi connectivity index (χ2v) is 6.09. The number of aryl methyl sites for hydroxylation is 1. The van der Waals surface area contributed by atoms with Crippen molar-refractivity contribution in [1.82, 2.24) is 19.7 Å². The van der Waals surface area contributed by atoms with Crippen LogP contribution < -0.4 is 11.1 Å². The third-order valence-corrected chi connectivity index (χ3v) is 4.05. The number of nitrogens with one attached hydrogen (secondary N) is 1. The lowest BCUT2D eigenvalue weighted by Gasteiger charge is -2.10. The zero-order valence-electron chi connectivity index (χ0n) is 14.3. The molecule has 0 fully saturated rings. The number of aromatic nitrogens is 4. The van der Waals surface area contributed by atoms with Crippen LogP contribution in [-0.2, 0) is 19.1 Å². The van der Waals surface area contributed by atoms with E-state index in [-0.39, 0.29) is 5.28 Å². The van der Waals surface area contributed by atoms with Crippen LogP contribution in [0.2, 0.25) is 5.28 Å². The fourth-order valence-electron chi connectivity index (χ4n) is 2.49. The van der Waals surface area contributed by atoms with Crippen molar-refractivity contribution in [2.24, 2.45) is 0 Å². The van der Waals surface area contributed by atoms with Gasteiger partial charge in [0, 0.05) is 12.2 Å². The van der Waals surface area contributed by atoms with Crippen molar-refractivity contribution in [3.8, 4) is 5.69 Å². The van der Waals surface area contributed by atoms with Crippen LogP contribution in [0.1, 0.15) is 23.9 Å². The second kappa shape index (κ2) is 7.43. The summed E-state index contributed by atoms with van der Waals surface area (Å²) in [6, 6.07) is 8.06. The standard InChI is InChI=1S/C17H16ClF3N6/c1-2-11-7-14(17(19,20)21)26-27(11)12-5-3-10(4-6-12)8-23-15-13(22)9-24-16(18)25-15/h3-7,9H,2,8,22H2,1H3,(H,23,24,25). The maximum atomic E-state index is 12.9. The second-order valence-electron chi connectivity index (χ2n) is 5.75. The zero-order valence-corrected chi connectivity index (χ0v) is 15.0. The van der Waals surface area contributed by atoms with Gasteiger partial charge in [0.25, 0.3) is 0 Å². The van der Waals surface area contributed by atoms with Crippen LogP contribution in [0.25, 0.3) is 5.69 Å². The van der Waals surface area contributed by atoms with E-state index < -0.39 is 11.9 Å². The van der Waals surface area contributed by atoms with E-state index in [4.69, 9.17) is 17.3 Å². The van der Waals surface area contributed by atoms with Crippen molar-refractivity contribution in [1.29, 1.82) is 0 Å². The lowest BCUT2D eigenvalue weighted by molar-refractivity contribution is -0.141. The van der Waals surface area contributed by atoms with E-state index in [0.717, 1.165) is 11.6 Å². The minimum Gasteiger partial charge on any atom is -0.394 e. The summed E-state index contributed by atoms with van der Waals surface area (Å²) in [6.07, 6.45) is -2.64. The van der Waals surface area contributed by atoms with Crippen molar-refractivity contribution in [3.63, 3.8) is 0 Å². The molecular weight excluding hydrogens is 381 g/mol. The normalized spacial score (nSPS) is 11.6. The molecule has 2 aromatic heterocycles. The van der Waals surface area contributed by atoms with Crippen molar-refractivity contribution in [2.45, 2.75) is 26.1 Å². The van der Waals surface area contributed by atoms with Gasteiger partial charge in [-0.3, -0.25) is 0 Å². The maximum absolute atomic E-state index is 12.9. The molecule has 0 amide bonds. The fourth-order valence-corrected chi connectivity index (χ4v) is 2.62. The number of hydrogen-bond acceptors (Lipinski definition) is 5. The number of nitrogen functional groups attached to an aromatic ring is 1. The average Bonchev–Trinajstić information content (AvgIpc) is 3.08. The molecule has 0 atom stereocenters. The summed E-state index contributed by atoms with van der Waals surface area (Å²) in [5.74, 6) is 0.411. The first-order valence-electron chi connectivity index (χ1n) is 8.05. The van der Waals surface area contributed by atoms with Gasteiger partial charge in [0.05, 0.1) is 17.6 Å². The molecule has 0 radical (unpaired) electrons. The highest BCUT2D eigenvalue weighted by Crippen LogP contribution is 2.29. The van der Waals surface area contributed by atoms with Crippen molar-refractivity contribution < 1.29 is 13.2 Å². The number of alkyl halides is 3. The van der Waals surface area contributed by atoms with E-state index in [0.29, 0.717) is 35.9 Å². The Kier molecular flexibility index (Phi) is 5.22. The maximum Gasteiger partial charge on any atom is 0.435 e. The Morgan fingerprint density at radius 2 is 1.93 bits per heavy atom. The smallest absolute Gasteiger partial charge is 0.394 e. The molecular formula is C17H16ClF3N6. The summed E-state index contributed by atoms with van der Waals surface area (Å²) in [7, 11) is 0. The molecule has 0 aliphatic heterocycles. The summed E-state index contributed by atoms with van der Waals surface area (Å²) in [5.41, 5.74) is 7.15. The number of benzene rings is 1. The highest BCUT2D eigenvalue weighted by Gasteiger charge is 2.34. The number of anilines is 2. The minimum atomic E-state index is -4.47. The van der Waals surface area contributed by atoms with Crippen LogP contribution >= 0.6 is 11.6 Å². The van der Waals surface area contributed by atoms with Crippen LogP contribution in [0.3, 0.4) is 0 Å². The first-order chi connectivity index (χ1) is 12.8. The molecule has 10 heteroatoms. The van der Waals surface area contributed by atoms with E-state index >= 15 is 0 Å². The van der Waals surface area contributed by atoms with Crippen molar-refractivity contribution in [3.05, 3.63) is 58.8 Å². The summed E-state index contributed by atoms with van der Waals surface area (Å²) in [6.45, 7) is 2.19. The van der Waals surface area contributed by atoms with Crippen molar-refractivity contribution in [2.75, 3.05) is 11.1 Å². The quantitative estimate of drug-likeness (QED) is 0.635. The fraction of sp³-hybridized carbons (Fsp3) is 0.235. The predicted octanol–water partition coefficient (Wildman–Crippen LogP) is 4.09. The molecule has 2 heterocycles. The van der Waals surface area contributed by atoms with Crippen LogP contribution in [0.4, 0.5) is 24.7 Å². The van der Waals surface area contributed by atoms with Crippen LogP contribution in [-0.4, -0.2) is 19.7 Å². The number of rotatable bonds is 5. The van der Waals surface area contributed by atoms with Gasteiger partial charge in [-0.1, -0.05) is 19.1 Å². The lowest BCUT2D eigenvalue weighted by atomic mass is 10.2. The van der Waals surface area contributed by atoms with E-state index in [1.807, 2.05) is 0 Å². The monoisotopic (exact) mass is 396 g/mol. The molecule has 0 bridgehead atoms. The van der Waals surface area contributed by atoms with Crippen LogP contribution in [0.15, 0.2) is 36.5 Å². The molecule has 0 saturated heterocycles. The van der Waals surface area contributed by atoms with Gasteiger partial charge in [-0.05, 0) is 41.8 Å². The van der Waals surface area contributed by atoms with Crippen LogP contribution in [0.5, 0.6) is 0 Å². The van der Waals surface area contributed by atoms with Gasteiger partial charge in [-0.15, -0.1) is 0 Å². The Morgan fingerprint density at radius 1 is 1.22 bits per heavy atom. The Labute approximate surface area is 158 Å². The summed E-state index contributed by atoms with van der Waals surface area (Å²) in [5, 5.41) is 6.82. The van der Waals surface area contributed by atoms with Gasteiger partial charge in [0.15, 0.2) is 11.5 Å². The molecule has 3 N–H and O–H groups in total. The van der Waals surface area contributed by atoms with Gasteiger partial charge in [0.1, 0.15) is 0 Å². The van der Waals surface area contributed by atoms with Gasteiger partial charge < -0.3 is 11.1 Å². The molecule has 1 aromatic carbocycles. The molecule has 6 nitrogen and oxygen atoms in total. The van der Waals surface area contributed by atoms with Gasteiger partial charge in [-0.25, -0.2) is 9.67 Å². The number of nitrogens with two attached hydrogens (primary N) is 1. The number of hydrogen-bond donors (Lipinski definition) is 2. The predicted molar refractivity (Wildman–Crippen MR) is 96.7 cm³/mol. The van der Waals surface area contributed by atoms with E-state index in [2.05, 4.69) is 20.4 Å². The molecule has 0 aliphatic rings. The summed E-state index contributed by atoms with van der Waals surface area (Å²) >= 11 is 5.74.